The van der Waals surface area contributed by atoms with Crippen molar-refractivity contribution in [3.63, 3.8) is 0 Å². The van der Waals surface area contributed by atoms with Crippen molar-refractivity contribution < 1.29 is 10.2 Å². The number of alkyl halides is 1. The Hall–Kier alpha value is 0.0300. The number of thiazole rings is 1. The minimum absolute atomic E-state index is 0.353. The average molecular weight is 266 g/mol. The van der Waals surface area contributed by atoms with Gasteiger partial charge in [-0.1, -0.05) is 15.9 Å². The summed E-state index contributed by atoms with van der Waals surface area (Å²) in [4.78, 5) is 5.25. The Morgan fingerprint density at radius 1 is 1.46 bits per heavy atom. The van der Waals surface area contributed by atoms with Crippen LogP contribution < -0.4 is 0 Å². The van der Waals surface area contributed by atoms with Gasteiger partial charge in [0.1, 0.15) is 11.1 Å². The molecule has 1 heterocycles. The largest absolute Gasteiger partial charge is 0.389 e. The first kappa shape index (κ1) is 11.1. The van der Waals surface area contributed by atoms with Crippen LogP contribution in [0.3, 0.4) is 0 Å². The number of aryl methyl sites for hydroxylation is 2. The minimum atomic E-state index is -0.878. The fourth-order valence-corrected chi connectivity index (χ4v) is 2.19. The average Bonchev–Trinajstić information content (AvgIpc) is 2.44. The maximum atomic E-state index is 9.59. The van der Waals surface area contributed by atoms with Gasteiger partial charge in [-0.3, -0.25) is 0 Å². The van der Waals surface area contributed by atoms with Gasteiger partial charge in [0.25, 0.3) is 0 Å². The number of aliphatic hydroxyl groups excluding tert-OH is 2. The minimum Gasteiger partial charge on any atom is -0.389 e. The van der Waals surface area contributed by atoms with Crippen LogP contribution in [-0.2, 0) is 0 Å². The summed E-state index contributed by atoms with van der Waals surface area (Å²) in [6, 6.07) is 0. The van der Waals surface area contributed by atoms with Crippen molar-refractivity contribution in [3.8, 4) is 0 Å². The Bertz CT molecular complexity index is 270. The summed E-state index contributed by atoms with van der Waals surface area (Å²) in [6.07, 6.45) is -1.67. The van der Waals surface area contributed by atoms with E-state index in [1.54, 1.807) is 0 Å². The van der Waals surface area contributed by atoms with Crippen molar-refractivity contribution in [3.05, 3.63) is 15.6 Å². The summed E-state index contributed by atoms with van der Waals surface area (Å²) in [5.74, 6) is 0. The first-order chi connectivity index (χ1) is 6.06. The molecule has 0 aliphatic heterocycles. The van der Waals surface area contributed by atoms with Crippen LogP contribution in [0, 0.1) is 13.8 Å². The fraction of sp³-hybridized carbons (Fsp3) is 0.625. The molecule has 0 saturated heterocycles. The zero-order valence-corrected chi connectivity index (χ0v) is 9.89. The van der Waals surface area contributed by atoms with E-state index < -0.39 is 12.2 Å². The predicted molar refractivity (Wildman–Crippen MR) is 56.3 cm³/mol. The molecule has 13 heavy (non-hydrogen) atoms. The lowest BCUT2D eigenvalue weighted by Crippen LogP contribution is -2.19. The molecule has 0 aromatic carbocycles. The summed E-state index contributed by atoms with van der Waals surface area (Å²) >= 11 is 4.53. The predicted octanol–water partition coefficient (Wildman–Crippen LogP) is 1.55. The Labute approximate surface area is 89.6 Å². The van der Waals surface area contributed by atoms with E-state index in [0.29, 0.717) is 10.3 Å². The Morgan fingerprint density at radius 3 is 2.46 bits per heavy atom. The summed E-state index contributed by atoms with van der Waals surface area (Å²) in [5.41, 5.74) is 0.917. The van der Waals surface area contributed by atoms with Crippen LogP contribution in [0.2, 0.25) is 0 Å². The smallest absolute Gasteiger partial charge is 0.132 e. The van der Waals surface area contributed by atoms with E-state index >= 15 is 0 Å². The van der Waals surface area contributed by atoms with Gasteiger partial charge < -0.3 is 10.2 Å². The number of rotatable bonds is 3. The Kier molecular flexibility index (Phi) is 3.85. The Morgan fingerprint density at radius 2 is 2.08 bits per heavy atom. The van der Waals surface area contributed by atoms with Crippen LogP contribution in [0.25, 0.3) is 0 Å². The van der Waals surface area contributed by atoms with Crippen molar-refractivity contribution in [1.29, 1.82) is 0 Å². The maximum Gasteiger partial charge on any atom is 0.132 e. The van der Waals surface area contributed by atoms with Crippen LogP contribution >= 0.6 is 27.3 Å². The van der Waals surface area contributed by atoms with Gasteiger partial charge >= 0.3 is 0 Å². The quantitative estimate of drug-likeness (QED) is 0.816. The second kappa shape index (κ2) is 4.50. The molecule has 5 heteroatoms. The molecule has 2 N–H and O–H groups in total. The van der Waals surface area contributed by atoms with Crippen molar-refractivity contribution in [2.45, 2.75) is 26.1 Å². The van der Waals surface area contributed by atoms with Crippen molar-refractivity contribution >= 4 is 27.3 Å². The third kappa shape index (κ3) is 2.49. The molecular formula is C8H12BrNO2S. The molecule has 1 aromatic heterocycles. The molecule has 0 bridgehead atoms. The number of halogens is 1. The number of aliphatic hydroxyl groups is 2. The topological polar surface area (TPSA) is 53.4 Å². The lowest BCUT2D eigenvalue weighted by atomic mass is 10.2. The monoisotopic (exact) mass is 265 g/mol. The van der Waals surface area contributed by atoms with Crippen LogP contribution in [0.5, 0.6) is 0 Å². The first-order valence-electron chi connectivity index (χ1n) is 3.92. The maximum absolute atomic E-state index is 9.59. The number of aromatic nitrogens is 1. The second-order valence-corrected chi connectivity index (χ2v) is 4.74. The molecule has 0 saturated carbocycles. The zero-order chi connectivity index (χ0) is 10.0. The molecule has 2 unspecified atom stereocenters. The summed E-state index contributed by atoms with van der Waals surface area (Å²) < 4.78 is 0. The van der Waals surface area contributed by atoms with Crippen LogP contribution in [0.15, 0.2) is 0 Å². The number of hydrogen-bond acceptors (Lipinski definition) is 4. The van der Waals surface area contributed by atoms with Crippen LogP contribution in [0.4, 0.5) is 0 Å². The molecule has 0 spiro atoms. The van der Waals surface area contributed by atoms with E-state index in [1.807, 2.05) is 13.8 Å². The van der Waals surface area contributed by atoms with Crippen LogP contribution in [-0.4, -0.2) is 26.6 Å². The molecule has 0 radical (unpaired) electrons. The van der Waals surface area contributed by atoms with E-state index in [9.17, 15) is 10.2 Å². The number of hydrogen-bond donors (Lipinski definition) is 2. The molecule has 0 fully saturated rings. The van der Waals surface area contributed by atoms with Gasteiger partial charge in [0.05, 0.1) is 11.8 Å². The highest BCUT2D eigenvalue weighted by atomic mass is 79.9. The molecule has 0 aliphatic carbocycles. The van der Waals surface area contributed by atoms with Gasteiger partial charge in [0.15, 0.2) is 0 Å². The van der Waals surface area contributed by atoms with Crippen molar-refractivity contribution in [2.24, 2.45) is 0 Å². The second-order valence-electron chi connectivity index (χ2n) is 2.86. The standard InChI is InChI=1S/C8H12BrNO2S/c1-4-5(2)13-8(10-4)7(12)6(11)3-9/h6-7,11-12H,3H2,1-2H3. The lowest BCUT2D eigenvalue weighted by Gasteiger charge is -2.11. The van der Waals surface area contributed by atoms with E-state index in [2.05, 4.69) is 20.9 Å². The van der Waals surface area contributed by atoms with Gasteiger partial charge in [0, 0.05) is 10.2 Å². The first-order valence-corrected chi connectivity index (χ1v) is 5.86. The molecule has 3 nitrogen and oxygen atoms in total. The third-order valence-corrected chi connectivity index (χ3v) is 3.63. The third-order valence-electron chi connectivity index (χ3n) is 1.82. The number of nitrogens with zero attached hydrogens (tertiary/aromatic N) is 1. The SMILES string of the molecule is Cc1nc(C(O)C(O)CBr)sc1C. The summed E-state index contributed by atoms with van der Waals surface area (Å²) in [7, 11) is 0. The molecular weight excluding hydrogens is 254 g/mol. The fourth-order valence-electron chi connectivity index (χ4n) is 0.873. The highest BCUT2D eigenvalue weighted by Crippen LogP contribution is 2.25. The summed E-state index contributed by atoms with van der Waals surface area (Å²) in [5, 5.41) is 19.9. The van der Waals surface area contributed by atoms with Crippen molar-refractivity contribution in [2.75, 3.05) is 5.33 Å². The van der Waals surface area contributed by atoms with Gasteiger partial charge in [-0.25, -0.2) is 4.98 Å². The summed E-state index contributed by atoms with van der Waals surface area (Å²) in [6.45, 7) is 3.84. The molecule has 74 valence electrons. The highest BCUT2D eigenvalue weighted by molar-refractivity contribution is 9.09. The molecule has 0 aliphatic rings. The van der Waals surface area contributed by atoms with Gasteiger partial charge in [-0.05, 0) is 13.8 Å². The Balaban J connectivity index is 2.82. The van der Waals surface area contributed by atoms with Crippen LogP contribution in [0.1, 0.15) is 21.7 Å². The molecule has 2 atom stereocenters. The normalized spacial score (nSPS) is 15.8. The lowest BCUT2D eigenvalue weighted by molar-refractivity contribution is 0.0341. The van der Waals surface area contributed by atoms with E-state index in [-0.39, 0.29) is 0 Å². The molecule has 0 amide bonds. The van der Waals surface area contributed by atoms with Crippen molar-refractivity contribution in [1.82, 2.24) is 4.98 Å². The zero-order valence-electron chi connectivity index (χ0n) is 7.49. The molecule has 1 aromatic rings. The van der Waals surface area contributed by atoms with E-state index in [1.165, 1.54) is 11.3 Å². The van der Waals surface area contributed by atoms with E-state index in [0.717, 1.165) is 10.6 Å². The molecule has 1 rings (SSSR count). The van der Waals surface area contributed by atoms with Gasteiger partial charge in [0.2, 0.25) is 0 Å². The highest BCUT2D eigenvalue weighted by Gasteiger charge is 2.20. The van der Waals surface area contributed by atoms with Gasteiger partial charge in [-0.2, -0.15) is 0 Å². The van der Waals surface area contributed by atoms with E-state index in [4.69, 9.17) is 0 Å². The van der Waals surface area contributed by atoms with Gasteiger partial charge in [-0.15, -0.1) is 11.3 Å².